The number of aliphatic hydroxyl groups is 2. The van der Waals surface area contributed by atoms with Gasteiger partial charge in [0.1, 0.15) is 35.9 Å². The summed E-state index contributed by atoms with van der Waals surface area (Å²) < 4.78 is 75.1. The van der Waals surface area contributed by atoms with Gasteiger partial charge in [-0.2, -0.15) is 13.2 Å². The Morgan fingerprint density at radius 3 is 2.43 bits per heavy atom. The number of primary amides is 1. The maximum atomic E-state index is 14.8. The summed E-state index contributed by atoms with van der Waals surface area (Å²) in [6, 6.07) is 9.61. The average molecular weight is 648 g/mol. The van der Waals surface area contributed by atoms with Crippen LogP contribution in [-0.4, -0.2) is 65.2 Å². The first-order valence-electron chi connectivity index (χ1n) is 14.6. The number of carbonyl (C=O) groups is 2. The minimum absolute atomic E-state index is 0.0181. The first kappa shape index (κ1) is 32.9. The number of halogens is 4. The Balaban J connectivity index is 1.52. The van der Waals surface area contributed by atoms with Crippen LogP contribution in [0.15, 0.2) is 48.5 Å². The topological polar surface area (TPSA) is 153 Å². The Bertz CT molecular complexity index is 1630. The Morgan fingerprint density at radius 2 is 1.85 bits per heavy atom. The second-order valence-corrected chi connectivity index (χ2v) is 11.5. The maximum Gasteiger partial charge on any atom is 0.424 e. The molecule has 3 aromatic rings. The summed E-state index contributed by atoms with van der Waals surface area (Å²) in [5.41, 5.74) is -0.622. The van der Waals surface area contributed by atoms with Gasteiger partial charge in [-0.25, -0.2) is 9.37 Å². The molecule has 2 aliphatic rings. The summed E-state index contributed by atoms with van der Waals surface area (Å²) in [5.74, 6) is -2.04. The molecule has 1 aliphatic heterocycles. The fourth-order valence-electron chi connectivity index (χ4n) is 5.08. The molecule has 1 unspecified atom stereocenters. The van der Waals surface area contributed by atoms with Crippen molar-refractivity contribution in [2.75, 3.05) is 19.8 Å². The number of rotatable bonds is 12. The third-order valence-electron chi connectivity index (χ3n) is 8.05. The van der Waals surface area contributed by atoms with E-state index in [0.29, 0.717) is 0 Å². The fraction of sp³-hybridized carbons (Fsp3) is 0.406. The molecule has 0 saturated heterocycles. The normalized spacial score (nSPS) is 19.4. The molecule has 1 fully saturated rings. The van der Waals surface area contributed by atoms with Gasteiger partial charge in [0.25, 0.3) is 5.91 Å². The molecular formula is C32H33F4N3O7. The lowest BCUT2D eigenvalue weighted by atomic mass is 9.78. The lowest BCUT2D eigenvalue weighted by molar-refractivity contribution is -0.265. The number of alkyl halides is 3. The van der Waals surface area contributed by atoms with E-state index in [4.69, 9.17) is 19.9 Å². The van der Waals surface area contributed by atoms with Crippen LogP contribution in [0.4, 0.5) is 17.6 Å². The van der Waals surface area contributed by atoms with Gasteiger partial charge in [0, 0.05) is 16.7 Å². The van der Waals surface area contributed by atoms with Crippen LogP contribution in [0.25, 0.3) is 11.3 Å². The zero-order valence-electron chi connectivity index (χ0n) is 25.0. The molecule has 1 aliphatic carbocycles. The number of ether oxygens (including phenoxy) is 3. The lowest BCUT2D eigenvalue weighted by Gasteiger charge is -2.32. The number of nitrogens with two attached hydrogens (primary N) is 1. The fourth-order valence-corrected chi connectivity index (χ4v) is 5.08. The Morgan fingerprint density at radius 1 is 1.15 bits per heavy atom. The smallest absolute Gasteiger partial charge is 0.424 e. The molecule has 2 heterocycles. The van der Waals surface area contributed by atoms with Gasteiger partial charge < -0.3 is 35.5 Å². The van der Waals surface area contributed by atoms with Crippen molar-refractivity contribution in [1.82, 2.24) is 10.3 Å². The third kappa shape index (κ3) is 6.31. The molecule has 5 N–H and O–H groups in total. The SMILES string of the molecule is CC[C@@]1(C(N)=O)COc2c1cc(C(O)(CNC(=O)c1ccc(OC[C@@H](C)O)c(OC3CC3)c1)C(F)(F)F)nc2-c1ccc(F)cc1. The molecule has 2 aromatic carbocycles. The second-order valence-electron chi connectivity index (χ2n) is 11.5. The van der Waals surface area contributed by atoms with Crippen LogP contribution < -0.4 is 25.3 Å². The van der Waals surface area contributed by atoms with Gasteiger partial charge in [-0.3, -0.25) is 9.59 Å². The van der Waals surface area contributed by atoms with E-state index >= 15 is 0 Å². The highest BCUT2D eigenvalue weighted by Crippen LogP contribution is 2.49. The quantitative estimate of drug-likeness (QED) is 0.216. The van der Waals surface area contributed by atoms with Crippen LogP contribution in [0, 0.1) is 5.82 Å². The van der Waals surface area contributed by atoms with Gasteiger partial charge in [-0.05, 0) is 74.7 Å². The minimum Gasteiger partial charge on any atom is -0.489 e. The molecular weight excluding hydrogens is 614 g/mol. The van der Waals surface area contributed by atoms with Gasteiger partial charge in [-0.1, -0.05) is 6.92 Å². The summed E-state index contributed by atoms with van der Waals surface area (Å²) in [7, 11) is 0. The number of aromatic nitrogens is 1. The number of nitrogens with zero attached hydrogens (tertiary/aromatic N) is 1. The van der Waals surface area contributed by atoms with E-state index < -0.39 is 53.2 Å². The van der Waals surface area contributed by atoms with Crippen molar-refractivity contribution in [2.24, 2.45) is 5.73 Å². The first-order chi connectivity index (χ1) is 21.7. The summed E-state index contributed by atoms with van der Waals surface area (Å²) in [6.07, 6.45) is -4.65. The molecule has 14 heteroatoms. The van der Waals surface area contributed by atoms with Gasteiger partial charge >= 0.3 is 6.18 Å². The number of hydrogen-bond donors (Lipinski definition) is 4. The Kier molecular flexibility index (Phi) is 8.88. The highest BCUT2D eigenvalue weighted by Gasteiger charge is 2.58. The van der Waals surface area contributed by atoms with Crippen molar-refractivity contribution >= 4 is 11.8 Å². The first-order valence-corrected chi connectivity index (χ1v) is 14.6. The third-order valence-corrected chi connectivity index (χ3v) is 8.05. The van der Waals surface area contributed by atoms with Crippen LogP contribution in [0.5, 0.6) is 17.2 Å². The van der Waals surface area contributed by atoms with Crippen LogP contribution in [0.3, 0.4) is 0 Å². The molecule has 2 amide bonds. The molecule has 46 heavy (non-hydrogen) atoms. The van der Waals surface area contributed by atoms with E-state index in [-0.39, 0.29) is 65.4 Å². The van der Waals surface area contributed by atoms with Crippen molar-refractivity contribution in [3.8, 4) is 28.5 Å². The number of pyridine rings is 1. The predicted octanol–water partition coefficient (Wildman–Crippen LogP) is 3.89. The van der Waals surface area contributed by atoms with Crippen molar-refractivity contribution < 1.29 is 51.6 Å². The van der Waals surface area contributed by atoms with Crippen molar-refractivity contribution in [1.29, 1.82) is 0 Å². The van der Waals surface area contributed by atoms with Gasteiger partial charge in [0.2, 0.25) is 11.5 Å². The number of carbonyl (C=O) groups excluding carboxylic acids is 2. The number of amides is 2. The van der Waals surface area contributed by atoms with Crippen LogP contribution in [-0.2, 0) is 15.8 Å². The van der Waals surface area contributed by atoms with E-state index in [1.807, 2.05) is 0 Å². The van der Waals surface area contributed by atoms with E-state index in [2.05, 4.69) is 10.3 Å². The van der Waals surface area contributed by atoms with Crippen LogP contribution in [0.1, 0.15) is 54.7 Å². The highest BCUT2D eigenvalue weighted by molar-refractivity contribution is 5.95. The number of nitrogens with one attached hydrogen (secondary N) is 1. The largest absolute Gasteiger partial charge is 0.489 e. The predicted molar refractivity (Wildman–Crippen MR) is 156 cm³/mol. The highest BCUT2D eigenvalue weighted by atomic mass is 19.4. The van der Waals surface area contributed by atoms with Gasteiger partial charge in [-0.15, -0.1) is 0 Å². The Labute approximate surface area is 261 Å². The summed E-state index contributed by atoms with van der Waals surface area (Å²) >= 11 is 0. The Hall–Kier alpha value is -4.43. The second kappa shape index (κ2) is 12.4. The van der Waals surface area contributed by atoms with E-state index in [1.54, 1.807) is 6.92 Å². The number of hydrogen-bond acceptors (Lipinski definition) is 8. The number of fused-ring (bicyclic) bond motifs is 1. The van der Waals surface area contributed by atoms with Crippen molar-refractivity contribution in [3.63, 3.8) is 0 Å². The number of benzene rings is 2. The summed E-state index contributed by atoms with van der Waals surface area (Å²) in [4.78, 5) is 29.9. The molecule has 0 bridgehead atoms. The molecule has 3 atom stereocenters. The standard InChI is InChI=1S/C32H33F4N3O7/c1-3-30(29(37)42)16-45-27-22(30)13-25(39-26(27)18-4-7-20(33)8-5-18)31(43,32(34,35)36)15-38-28(41)19-6-11-23(44-14-17(2)40)24(12-19)46-21-9-10-21/h4-8,11-13,17,21,40,43H,3,9-10,14-16H2,1-2H3,(H2,37,42)(H,38,41)/t17-,30-,31?/m1/s1. The minimum atomic E-state index is -5.37. The summed E-state index contributed by atoms with van der Waals surface area (Å²) in [5, 5.41) is 23.0. The molecule has 5 rings (SSSR count). The monoisotopic (exact) mass is 647 g/mol. The van der Waals surface area contributed by atoms with Crippen molar-refractivity contribution in [2.45, 2.75) is 62.5 Å². The molecule has 1 saturated carbocycles. The molecule has 246 valence electrons. The molecule has 0 spiro atoms. The van der Waals surface area contributed by atoms with Crippen LogP contribution >= 0.6 is 0 Å². The van der Waals surface area contributed by atoms with Crippen molar-refractivity contribution in [3.05, 3.63) is 71.2 Å². The van der Waals surface area contributed by atoms with Crippen LogP contribution in [0.2, 0.25) is 0 Å². The maximum absolute atomic E-state index is 14.8. The van der Waals surface area contributed by atoms with E-state index in [0.717, 1.165) is 31.0 Å². The lowest BCUT2D eigenvalue weighted by Crippen LogP contribution is -2.52. The number of aliphatic hydroxyl groups excluding tert-OH is 1. The van der Waals surface area contributed by atoms with Gasteiger partial charge in [0.15, 0.2) is 11.5 Å². The van der Waals surface area contributed by atoms with E-state index in [1.165, 1.54) is 37.3 Å². The van der Waals surface area contributed by atoms with Gasteiger partial charge in [0.05, 0.1) is 24.4 Å². The molecule has 10 nitrogen and oxygen atoms in total. The molecule has 1 aromatic heterocycles. The summed E-state index contributed by atoms with van der Waals surface area (Å²) in [6.45, 7) is 1.43. The zero-order chi connectivity index (χ0) is 33.4. The van der Waals surface area contributed by atoms with E-state index in [9.17, 15) is 37.4 Å². The average Bonchev–Trinajstić information content (AvgIpc) is 3.74. The zero-order valence-corrected chi connectivity index (χ0v) is 25.0. The molecule has 0 radical (unpaired) electrons.